The van der Waals surface area contributed by atoms with E-state index in [1.165, 1.54) is 12.1 Å². The third kappa shape index (κ3) is 4.42. The number of rotatable bonds is 5. The highest BCUT2D eigenvalue weighted by molar-refractivity contribution is 5.84. The molecule has 0 aliphatic carbocycles. The Hall–Kier alpha value is -2.90. The molecule has 0 saturated carbocycles. The molecular weight excluding hydrogens is 441 g/mol. The van der Waals surface area contributed by atoms with Crippen LogP contribution in [0.25, 0.3) is 17.0 Å². The highest BCUT2D eigenvalue weighted by Gasteiger charge is 2.42. The minimum Gasteiger partial charge on any atom is -0.497 e. The summed E-state index contributed by atoms with van der Waals surface area (Å²) in [4.78, 5) is 6.77. The van der Waals surface area contributed by atoms with Gasteiger partial charge >= 0.3 is 6.18 Å². The lowest BCUT2D eigenvalue weighted by molar-refractivity contribution is -0.137. The van der Waals surface area contributed by atoms with Gasteiger partial charge in [0, 0.05) is 24.2 Å². The molecule has 1 aromatic heterocycles. The molecule has 2 bridgehead atoms. The van der Waals surface area contributed by atoms with E-state index in [-0.39, 0.29) is 6.04 Å². The van der Waals surface area contributed by atoms with Crippen molar-refractivity contribution in [2.45, 2.75) is 31.2 Å². The molecule has 3 fully saturated rings. The van der Waals surface area contributed by atoms with Crippen LogP contribution in [-0.4, -0.2) is 41.2 Å². The standard InChI is InChI=1S/C27H27F3N2O2/c1-34-21-8-9-24-23(15-21)22(10-12-31-24)26(33)25-14-18-11-13-32(25)16-19(18)5-2-17-3-6-20(7-4-17)27(28,29)30/h2-10,12,15,18-19,25-26,33H,11,13-14,16H2,1H3/b5-2+/t18?,19?,25?,26-/m0/s1. The molecular formula is C27H27F3N2O2. The Kier molecular flexibility index (Phi) is 6.08. The van der Waals surface area contributed by atoms with E-state index in [4.69, 9.17) is 4.74 Å². The maximum Gasteiger partial charge on any atom is 0.416 e. The molecule has 6 rings (SSSR count). The van der Waals surface area contributed by atoms with Crippen LogP contribution >= 0.6 is 0 Å². The van der Waals surface area contributed by atoms with Crippen molar-refractivity contribution in [3.63, 3.8) is 0 Å². The molecule has 4 unspecified atom stereocenters. The molecule has 178 valence electrons. The Morgan fingerprint density at radius 3 is 2.62 bits per heavy atom. The molecule has 3 saturated heterocycles. The van der Waals surface area contributed by atoms with Crippen molar-refractivity contribution in [1.82, 2.24) is 9.88 Å². The minimum atomic E-state index is -4.32. The highest BCUT2D eigenvalue weighted by atomic mass is 19.4. The summed E-state index contributed by atoms with van der Waals surface area (Å²) in [6, 6.07) is 12.9. The maximum absolute atomic E-state index is 12.8. The Balaban J connectivity index is 1.31. The summed E-state index contributed by atoms with van der Waals surface area (Å²) >= 11 is 0. The van der Waals surface area contributed by atoms with Crippen LogP contribution in [0.1, 0.15) is 35.6 Å². The number of alkyl halides is 3. The van der Waals surface area contributed by atoms with Crippen LogP contribution in [-0.2, 0) is 6.18 Å². The second kappa shape index (κ2) is 9.04. The smallest absolute Gasteiger partial charge is 0.416 e. The first-order chi connectivity index (χ1) is 16.3. The Labute approximate surface area is 196 Å². The average Bonchev–Trinajstić information content (AvgIpc) is 2.86. The normalized spacial score (nSPS) is 25.7. The van der Waals surface area contributed by atoms with Crippen molar-refractivity contribution in [3.8, 4) is 5.75 Å². The Bertz CT molecular complexity index is 1190. The molecule has 0 radical (unpaired) electrons. The zero-order valence-corrected chi connectivity index (χ0v) is 18.9. The first-order valence-electron chi connectivity index (χ1n) is 11.5. The third-order valence-electron chi connectivity index (χ3n) is 7.29. The number of aliphatic hydroxyl groups is 1. The van der Waals surface area contributed by atoms with Crippen molar-refractivity contribution >= 4 is 17.0 Å². The van der Waals surface area contributed by atoms with Crippen molar-refractivity contribution in [3.05, 3.63) is 77.5 Å². The van der Waals surface area contributed by atoms with Crippen molar-refractivity contribution in [1.29, 1.82) is 0 Å². The second-order valence-corrected chi connectivity index (χ2v) is 9.22. The first kappa shape index (κ1) is 22.9. The van der Waals surface area contributed by atoms with Crippen LogP contribution in [0.5, 0.6) is 5.75 Å². The number of methoxy groups -OCH3 is 1. The van der Waals surface area contributed by atoms with E-state index in [1.54, 1.807) is 13.3 Å². The number of pyridine rings is 1. The van der Waals surface area contributed by atoms with Gasteiger partial charge < -0.3 is 9.84 Å². The summed E-state index contributed by atoms with van der Waals surface area (Å²) in [6.07, 6.45) is 2.74. The summed E-state index contributed by atoms with van der Waals surface area (Å²) in [5.41, 5.74) is 1.81. The SMILES string of the molecule is COc1ccc2nccc([C@H](O)C3CC4CCN3CC4/C=C/c3ccc(C(F)(F)F)cc3)c2c1. The molecule has 0 amide bonds. The molecule has 3 aliphatic rings. The van der Waals surface area contributed by atoms with Gasteiger partial charge in [0.1, 0.15) is 5.75 Å². The quantitative estimate of drug-likeness (QED) is 0.520. The molecule has 5 atom stereocenters. The monoisotopic (exact) mass is 468 g/mol. The number of aliphatic hydroxyl groups excluding tert-OH is 1. The van der Waals surface area contributed by atoms with Gasteiger partial charge in [-0.3, -0.25) is 9.88 Å². The van der Waals surface area contributed by atoms with E-state index in [0.717, 1.165) is 65.8 Å². The number of hydrogen-bond acceptors (Lipinski definition) is 4. The number of halogens is 3. The molecule has 4 heterocycles. The van der Waals surface area contributed by atoms with E-state index in [9.17, 15) is 18.3 Å². The lowest BCUT2D eigenvalue weighted by atomic mass is 9.73. The van der Waals surface area contributed by atoms with Gasteiger partial charge in [-0.05, 0) is 78.7 Å². The summed E-state index contributed by atoms with van der Waals surface area (Å²) in [5, 5.41) is 12.3. The predicted molar refractivity (Wildman–Crippen MR) is 125 cm³/mol. The lowest BCUT2D eigenvalue weighted by Gasteiger charge is -2.50. The van der Waals surface area contributed by atoms with Crippen molar-refractivity contribution in [2.24, 2.45) is 11.8 Å². The Morgan fingerprint density at radius 1 is 1.15 bits per heavy atom. The topological polar surface area (TPSA) is 45.6 Å². The number of piperidine rings is 3. The molecule has 1 N–H and O–H groups in total. The van der Waals surface area contributed by atoms with Crippen LogP contribution in [0.3, 0.4) is 0 Å². The number of ether oxygens (including phenoxy) is 1. The fourth-order valence-electron chi connectivity index (χ4n) is 5.41. The van der Waals surface area contributed by atoms with Gasteiger partial charge in [0.25, 0.3) is 0 Å². The molecule has 4 nitrogen and oxygen atoms in total. The summed E-state index contributed by atoms with van der Waals surface area (Å²) < 4.78 is 43.7. The van der Waals surface area contributed by atoms with Crippen LogP contribution in [0.4, 0.5) is 13.2 Å². The number of hydrogen-bond donors (Lipinski definition) is 1. The number of fused-ring (bicyclic) bond motifs is 4. The van der Waals surface area contributed by atoms with E-state index >= 15 is 0 Å². The average molecular weight is 469 g/mol. The number of benzene rings is 2. The van der Waals surface area contributed by atoms with E-state index < -0.39 is 17.8 Å². The maximum atomic E-state index is 12.8. The third-order valence-corrected chi connectivity index (χ3v) is 7.29. The molecule has 34 heavy (non-hydrogen) atoms. The van der Waals surface area contributed by atoms with E-state index in [0.29, 0.717) is 11.8 Å². The van der Waals surface area contributed by atoms with Crippen molar-refractivity contribution < 1.29 is 23.0 Å². The highest BCUT2D eigenvalue weighted by Crippen LogP contribution is 2.42. The summed E-state index contributed by atoms with van der Waals surface area (Å²) in [7, 11) is 1.62. The minimum absolute atomic E-state index is 0.0197. The van der Waals surface area contributed by atoms with Crippen LogP contribution in [0.2, 0.25) is 0 Å². The van der Waals surface area contributed by atoms with E-state index in [1.807, 2.05) is 30.3 Å². The molecule has 3 aliphatic heterocycles. The van der Waals surface area contributed by atoms with Crippen LogP contribution in [0.15, 0.2) is 60.8 Å². The predicted octanol–water partition coefficient (Wildman–Crippen LogP) is 5.72. The zero-order chi connectivity index (χ0) is 23.9. The van der Waals surface area contributed by atoms with Gasteiger partial charge in [-0.1, -0.05) is 24.3 Å². The summed E-state index contributed by atoms with van der Waals surface area (Å²) in [6.45, 7) is 1.76. The number of nitrogens with zero attached hydrogens (tertiary/aromatic N) is 2. The van der Waals surface area contributed by atoms with Gasteiger partial charge in [-0.25, -0.2) is 0 Å². The number of aromatic nitrogens is 1. The molecule has 0 spiro atoms. The van der Waals surface area contributed by atoms with Gasteiger partial charge in [0.05, 0.1) is 24.3 Å². The molecule has 3 aromatic rings. The van der Waals surface area contributed by atoms with Gasteiger partial charge in [-0.2, -0.15) is 13.2 Å². The summed E-state index contributed by atoms with van der Waals surface area (Å²) in [5.74, 6) is 1.47. The van der Waals surface area contributed by atoms with Crippen LogP contribution < -0.4 is 4.74 Å². The van der Waals surface area contributed by atoms with Crippen molar-refractivity contribution in [2.75, 3.05) is 20.2 Å². The van der Waals surface area contributed by atoms with Gasteiger partial charge in [0.15, 0.2) is 0 Å². The molecule has 2 aromatic carbocycles. The largest absolute Gasteiger partial charge is 0.497 e. The first-order valence-corrected chi connectivity index (χ1v) is 11.5. The second-order valence-electron chi connectivity index (χ2n) is 9.22. The van der Waals surface area contributed by atoms with E-state index in [2.05, 4.69) is 16.0 Å². The van der Waals surface area contributed by atoms with Gasteiger partial charge in [0.2, 0.25) is 0 Å². The fourth-order valence-corrected chi connectivity index (χ4v) is 5.41. The zero-order valence-electron chi connectivity index (χ0n) is 18.9. The van der Waals surface area contributed by atoms with Gasteiger partial charge in [-0.15, -0.1) is 0 Å². The fraction of sp³-hybridized carbons (Fsp3) is 0.370. The Morgan fingerprint density at radius 2 is 1.94 bits per heavy atom. The van der Waals surface area contributed by atoms with Crippen LogP contribution in [0, 0.1) is 11.8 Å². The lowest BCUT2D eigenvalue weighted by Crippen LogP contribution is -2.54. The molecule has 7 heteroatoms.